The van der Waals surface area contributed by atoms with Crippen molar-refractivity contribution in [3.05, 3.63) is 29.3 Å². The number of guanidine groups is 2. The van der Waals surface area contributed by atoms with Gasteiger partial charge in [-0.1, -0.05) is 24.9 Å². The Morgan fingerprint density at radius 2 is 1.74 bits per heavy atom. The maximum Gasteiger partial charge on any atom is 0.335 e. The monoisotopic (exact) mass is 461 g/mol. The van der Waals surface area contributed by atoms with Crippen LogP contribution >= 0.6 is 11.6 Å². The molecule has 0 saturated carbocycles. The zero-order chi connectivity index (χ0) is 23.6. The third-order valence-corrected chi connectivity index (χ3v) is 4.22. The lowest BCUT2D eigenvalue weighted by molar-refractivity contribution is -0.279. The number of nitrogens with zero attached hydrogens (tertiary/aromatic N) is 2. The van der Waals surface area contributed by atoms with Gasteiger partial charge in [0.05, 0.1) is 0 Å². The number of carbonyl (C=O) groups is 1. The molecule has 0 aliphatic carbocycles. The van der Waals surface area contributed by atoms with Crippen LogP contribution in [-0.2, 0) is 9.53 Å². The first-order valence-electron chi connectivity index (χ1n) is 9.34. The van der Waals surface area contributed by atoms with Crippen molar-refractivity contribution in [1.82, 2.24) is 0 Å². The van der Waals surface area contributed by atoms with Gasteiger partial charge in [-0.3, -0.25) is 4.99 Å². The second-order valence-corrected chi connectivity index (χ2v) is 6.92. The van der Waals surface area contributed by atoms with E-state index < -0.39 is 36.7 Å². The van der Waals surface area contributed by atoms with E-state index in [0.29, 0.717) is 11.6 Å². The second kappa shape index (κ2) is 13.0. The molecule has 1 aliphatic rings. The second-order valence-electron chi connectivity index (χ2n) is 6.48. The van der Waals surface area contributed by atoms with Crippen LogP contribution in [0.2, 0.25) is 5.02 Å². The molecule has 31 heavy (non-hydrogen) atoms. The molecule has 0 aromatic heterocycles. The summed E-state index contributed by atoms with van der Waals surface area (Å²) in [4.78, 5) is 18.4. The van der Waals surface area contributed by atoms with Crippen molar-refractivity contribution in [1.29, 1.82) is 0 Å². The van der Waals surface area contributed by atoms with E-state index in [2.05, 4.69) is 27.0 Å². The molecule has 0 unspecified atom stereocenters. The van der Waals surface area contributed by atoms with E-state index in [4.69, 9.17) is 48.6 Å². The van der Waals surface area contributed by atoms with Crippen LogP contribution in [-0.4, -0.2) is 80.7 Å². The topological polar surface area (TPSA) is 216 Å². The minimum atomic E-state index is -1.81. The van der Waals surface area contributed by atoms with E-state index in [9.17, 15) is 4.79 Å². The molecule has 10 N–H and O–H groups in total. The minimum Gasteiger partial charge on any atom is -0.479 e. The Hall–Kier alpha value is -2.48. The van der Waals surface area contributed by atoms with Crippen molar-refractivity contribution in [2.24, 2.45) is 21.5 Å². The number of rotatable bonds is 5. The van der Waals surface area contributed by atoms with Crippen LogP contribution in [0.4, 0.5) is 5.69 Å². The SMILES string of the molecule is CCCCN=C(N)N=C(N)Nc1ccc(Cl)cc1.O=C(O)[C@H]1O[C@H](O)[C@H](O)[C@@H](O)[C@@H]1O. The summed E-state index contributed by atoms with van der Waals surface area (Å²) in [7, 11) is 0. The van der Waals surface area contributed by atoms with Crippen LogP contribution in [0, 0.1) is 0 Å². The summed E-state index contributed by atoms with van der Waals surface area (Å²) in [6.07, 6.45) is -6.67. The highest BCUT2D eigenvalue weighted by atomic mass is 35.5. The fraction of sp³-hybridized carbons (Fsp3) is 0.500. The van der Waals surface area contributed by atoms with Crippen molar-refractivity contribution in [3.63, 3.8) is 0 Å². The molecule has 0 amide bonds. The first kappa shape index (κ1) is 26.6. The number of nitrogens with two attached hydrogens (primary N) is 2. The normalized spacial score (nSPS) is 26.6. The van der Waals surface area contributed by atoms with E-state index in [1.807, 2.05) is 0 Å². The zero-order valence-corrected chi connectivity index (χ0v) is 17.6. The Balaban J connectivity index is 0.000000327. The Morgan fingerprint density at radius 3 is 2.29 bits per heavy atom. The van der Waals surface area contributed by atoms with Gasteiger partial charge in [-0.25, -0.2) is 4.79 Å². The summed E-state index contributed by atoms with van der Waals surface area (Å²) >= 11 is 5.78. The Bertz CT molecular complexity index is 762. The number of aliphatic imine (C=N–C) groups is 2. The summed E-state index contributed by atoms with van der Waals surface area (Å²) in [5.74, 6) is -1.13. The molecule has 1 saturated heterocycles. The number of carboxylic acids is 1. The van der Waals surface area contributed by atoms with Gasteiger partial charge >= 0.3 is 5.97 Å². The first-order valence-corrected chi connectivity index (χ1v) is 9.71. The third-order valence-electron chi connectivity index (χ3n) is 3.97. The summed E-state index contributed by atoms with van der Waals surface area (Å²) in [6.45, 7) is 2.76. The third kappa shape index (κ3) is 9.04. The number of hydrogen-bond donors (Lipinski definition) is 8. The smallest absolute Gasteiger partial charge is 0.335 e. The van der Waals surface area contributed by atoms with Crippen molar-refractivity contribution in [2.75, 3.05) is 11.9 Å². The van der Waals surface area contributed by atoms with Gasteiger partial charge in [0.1, 0.15) is 18.3 Å². The number of unbranched alkanes of at least 4 members (excludes halogenated alkanes) is 1. The van der Waals surface area contributed by atoms with Crippen LogP contribution in [0.5, 0.6) is 0 Å². The fourth-order valence-corrected chi connectivity index (χ4v) is 2.41. The summed E-state index contributed by atoms with van der Waals surface area (Å²) < 4.78 is 4.34. The van der Waals surface area contributed by atoms with Gasteiger partial charge in [0, 0.05) is 17.3 Å². The van der Waals surface area contributed by atoms with Gasteiger partial charge in [0.2, 0.25) is 11.9 Å². The van der Waals surface area contributed by atoms with Gasteiger partial charge in [-0.15, -0.1) is 0 Å². The molecule has 13 heteroatoms. The number of anilines is 1. The lowest BCUT2D eigenvalue weighted by Crippen LogP contribution is -2.59. The van der Waals surface area contributed by atoms with Crippen LogP contribution < -0.4 is 16.8 Å². The zero-order valence-electron chi connectivity index (χ0n) is 16.8. The molecule has 1 aromatic carbocycles. The van der Waals surface area contributed by atoms with Crippen LogP contribution in [0.1, 0.15) is 19.8 Å². The van der Waals surface area contributed by atoms with E-state index in [0.717, 1.165) is 18.5 Å². The lowest BCUT2D eigenvalue weighted by atomic mass is 9.99. The number of ether oxygens (including phenoxy) is 1. The van der Waals surface area contributed by atoms with Gasteiger partial charge in [-0.05, 0) is 30.7 Å². The number of carboxylic acid groups (broad SMARTS) is 1. The van der Waals surface area contributed by atoms with Gasteiger partial charge in [0.15, 0.2) is 12.4 Å². The highest BCUT2D eigenvalue weighted by molar-refractivity contribution is 6.30. The number of benzene rings is 1. The van der Waals surface area contributed by atoms with E-state index >= 15 is 0 Å². The van der Waals surface area contributed by atoms with Crippen molar-refractivity contribution >= 4 is 35.2 Å². The van der Waals surface area contributed by atoms with E-state index in [-0.39, 0.29) is 11.9 Å². The molecule has 1 fully saturated rings. The van der Waals surface area contributed by atoms with Gasteiger partial charge < -0.3 is 47.1 Å². The molecule has 1 aromatic rings. The molecule has 174 valence electrons. The highest BCUT2D eigenvalue weighted by Gasteiger charge is 2.46. The minimum absolute atomic E-state index is 0.183. The maximum atomic E-state index is 10.4. The molecule has 0 spiro atoms. The largest absolute Gasteiger partial charge is 0.479 e. The maximum absolute atomic E-state index is 10.4. The predicted molar refractivity (Wildman–Crippen MR) is 115 cm³/mol. The van der Waals surface area contributed by atoms with E-state index in [1.54, 1.807) is 24.3 Å². The lowest BCUT2D eigenvalue weighted by Gasteiger charge is -2.36. The van der Waals surface area contributed by atoms with Gasteiger partial charge in [-0.2, -0.15) is 4.99 Å². The van der Waals surface area contributed by atoms with Crippen LogP contribution in [0.25, 0.3) is 0 Å². The molecule has 0 bridgehead atoms. The molecule has 1 aliphatic heterocycles. The molecule has 1 heterocycles. The summed E-state index contributed by atoms with van der Waals surface area (Å²) in [5.41, 5.74) is 12.1. The van der Waals surface area contributed by atoms with Crippen molar-refractivity contribution in [2.45, 2.75) is 50.5 Å². The van der Waals surface area contributed by atoms with Crippen LogP contribution in [0.3, 0.4) is 0 Å². The Labute approximate surface area is 183 Å². The Morgan fingerprint density at radius 1 is 1.13 bits per heavy atom. The number of halogens is 1. The van der Waals surface area contributed by atoms with Gasteiger partial charge in [0.25, 0.3) is 0 Å². The standard InChI is InChI=1S/C12H18ClN5.C6H10O7/c1-2-3-8-16-11(14)18-12(15)17-10-6-4-9(13)5-7-10;7-1-2(8)4(5(10)11)13-6(12)3(1)9/h4-7H,2-3,8H2,1H3,(H5,14,15,16,17,18);1-4,6-9,12H,(H,10,11)/t;1-,2-,3+,4-,6-/m.0/s1. The van der Waals surface area contributed by atoms with E-state index in [1.165, 1.54) is 0 Å². The molecular weight excluding hydrogens is 434 g/mol. The summed E-state index contributed by atoms with van der Waals surface area (Å²) in [5, 5.41) is 47.9. The molecule has 0 radical (unpaired) electrons. The quantitative estimate of drug-likeness (QED) is 0.153. The average Bonchev–Trinajstić information content (AvgIpc) is 2.71. The number of aliphatic carboxylic acids is 1. The van der Waals surface area contributed by atoms with Crippen molar-refractivity contribution < 1.29 is 35.1 Å². The Kier molecular flexibility index (Phi) is 11.2. The number of aliphatic hydroxyl groups excluding tert-OH is 4. The number of nitrogens with one attached hydrogen (secondary N) is 1. The average molecular weight is 462 g/mol. The molecule has 5 atom stereocenters. The summed E-state index contributed by atoms with van der Waals surface area (Å²) in [6, 6.07) is 7.12. The predicted octanol–water partition coefficient (Wildman–Crippen LogP) is -0.948. The highest BCUT2D eigenvalue weighted by Crippen LogP contribution is 2.19. The first-order chi connectivity index (χ1) is 14.6. The fourth-order valence-electron chi connectivity index (χ4n) is 2.28. The van der Waals surface area contributed by atoms with Crippen molar-refractivity contribution in [3.8, 4) is 0 Å². The number of hydrogen-bond acceptors (Lipinski definition) is 7. The van der Waals surface area contributed by atoms with Crippen LogP contribution in [0.15, 0.2) is 34.3 Å². The molecule has 12 nitrogen and oxygen atoms in total. The molecular formula is C18H28ClN5O7. The number of aliphatic hydroxyl groups is 4. The molecule has 2 rings (SSSR count).